The smallest absolute Gasteiger partial charge is 0.289 e. The Balaban J connectivity index is 2.50. The highest BCUT2D eigenvalue weighted by atomic mass is 16.2. The third-order valence-electron chi connectivity index (χ3n) is 2.54. The van der Waals surface area contributed by atoms with Crippen molar-refractivity contribution in [1.82, 2.24) is 9.78 Å². The van der Waals surface area contributed by atoms with Crippen LogP contribution in [0.25, 0.3) is 10.9 Å². The summed E-state index contributed by atoms with van der Waals surface area (Å²) < 4.78 is 1.81. The Bertz CT molecular complexity index is 599. The van der Waals surface area contributed by atoms with Crippen LogP contribution in [0, 0.1) is 0 Å². The fourth-order valence-corrected chi connectivity index (χ4v) is 1.59. The first-order chi connectivity index (χ1) is 7.99. The van der Waals surface area contributed by atoms with Gasteiger partial charge in [-0.25, -0.2) is 0 Å². The molecule has 17 heavy (non-hydrogen) atoms. The van der Waals surface area contributed by atoms with E-state index in [0.29, 0.717) is 5.56 Å². The van der Waals surface area contributed by atoms with Gasteiger partial charge in [-0.15, -0.1) is 0 Å². The van der Waals surface area contributed by atoms with Gasteiger partial charge in [0.1, 0.15) is 0 Å². The number of rotatable bonds is 3. The third kappa shape index (κ3) is 2.04. The van der Waals surface area contributed by atoms with E-state index >= 15 is 0 Å². The SMILES string of the molecule is CC(C)n1cc2cc(C(=O)C(N)=O)ccc2n1. The zero-order chi connectivity index (χ0) is 12.6. The average molecular weight is 231 g/mol. The minimum absolute atomic E-state index is 0.248. The molecule has 0 unspecified atom stereocenters. The molecule has 0 spiro atoms. The Hall–Kier alpha value is -2.17. The number of hydrogen-bond acceptors (Lipinski definition) is 3. The van der Waals surface area contributed by atoms with E-state index in [1.807, 2.05) is 24.7 Å². The summed E-state index contributed by atoms with van der Waals surface area (Å²) >= 11 is 0. The van der Waals surface area contributed by atoms with Crippen molar-refractivity contribution in [3.63, 3.8) is 0 Å². The molecule has 1 aromatic heterocycles. The first-order valence-electron chi connectivity index (χ1n) is 5.32. The molecule has 2 rings (SSSR count). The molecule has 0 bridgehead atoms. The quantitative estimate of drug-likeness (QED) is 0.638. The number of amides is 1. The molecule has 0 atom stereocenters. The number of Topliss-reactive ketones (excluding diaryl/α,β-unsaturated/α-hetero) is 1. The molecule has 1 aromatic carbocycles. The normalized spacial score (nSPS) is 11.0. The highest BCUT2D eigenvalue weighted by Gasteiger charge is 2.13. The second kappa shape index (κ2) is 4.01. The van der Waals surface area contributed by atoms with Crippen molar-refractivity contribution in [2.24, 2.45) is 5.73 Å². The van der Waals surface area contributed by atoms with Crippen LogP contribution in [-0.2, 0) is 4.79 Å². The zero-order valence-corrected chi connectivity index (χ0v) is 9.68. The predicted octanol–water partition coefficient (Wildman–Crippen LogP) is 1.29. The van der Waals surface area contributed by atoms with E-state index in [4.69, 9.17) is 5.73 Å². The predicted molar refractivity (Wildman–Crippen MR) is 63.6 cm³/mol. The number of benzene rings is 1. The molecule has 0 saturated heterocycles. The highest BCUT2D eigenvalue weighted by molar-refractivity contribution is 6.42. The van der Waals surface area contributed by atoms with Crippen LogP contribution in [0.3, 0.4) is 0 Å². The zero-order valence-electron chi connectivity index (χ0n) is 9.68. The summed E-state index contributed by atoms with van der Waals surface area (Å²) in [6.45, 7) is 4.03. The number of nitrogens with two attached hydrogens (primary N) is 1. The standard InChI is InChI=1S/C12H13N3O2/c1-7(2)15-6-9-5-8(11(16)12(13)17)3-4-10(9)14-15/h3-7H,1-2H3,(H2,13,17). The van der Waals surface area contributed by atoms with Gasteiger partial charge >= 0.3 is 0 Å². The number of hydrogen-bond donors (Lipinski definition) is 1. The number of carbonyl (C=O) groups is 2. The lowest BCUT2D eigenvalue weighted by molar-refractivity contribution is -0.114. The second-order valence-corrected chi connectivity index (χ2v) is 4.17. The van der Waals surface area contributed by atoms with E-state index in [9.17, 15) is 9.59 Å². The van der Waals surface area contributed by atoms with E-state index in [0.717, 1.165) is 10.9 Å². The van der Waals surface area contributed by atoms with Crippen molar-refractivity contribution < 1.29 is 9.59 Å². The molecule has 1 amide bonds. The van der Waals surface area contributed by atoms with E-state index in [2.05, 4.69) is 5.10 Å². The largest absolute Gasteiger partial charge is 0.363 e. The monoisotopic (exact) mass is 231 g/mol. The van der Waals surface area contributed by atoms with Crippen LogP contribution in [-0.4, -0.2) is 21.5 Å². The summed E-state index contributed by atoms with van der Waals surface area (Å²) in [5, 5.41) is 5.17. The van der Waals surface area contributed by atoms with Crippen LogP contribution in [0.1, 0.15) is 30.2 Å². The van der Waals surface area contributed by atoms with Gasteiger partial charge in [0.2, 0.25) is 5.78 Å². The Morgan fingerprint density at radius 3 is 2.65 bits per heavy atom. The van der Waals surface area contributed by atoms with Crippen molar-refractivity contribution in [2.45, 2.75) is 19.9 Å². The number of nitrogens with zero attached hydrogens (tertiary/aromatic N) is 2. The van der Waals surface area contributed by atoms with Gasteiger partial charge in [-0.1, -0.05) is 0 Å². The molecule has 0 aliphatic heterocycles. The minimum atomic E-state index is -0.944. The Morgan fingerprint density at radius 2 is 2.06 bits per heavy atom. The van der Waals surface area contributed by atoms with Gasteiger partial charge in [0.05, 0.1) is 5.52 Å². The Kier molecular flexibility index (Phi) is 2.67. The van der Waals surface area contributed by atoms with Gasteiger partial charge < -0.3 is 5.73 Å². The molecular weight excluding hydrogens is 218 g/mol. The minimum Gasteiger partial charge on any atom is -0.363 e. The summed E-state index contributed by atoms with van der Waals surface area (Å²) in [6.07, 6.45) is 1.85. The summed E-state index contributed by atoms with van der Waals surface area (Å²) in [4.78, 5) is 22.2. The molecule has 88 valence electrons. The molecule has 0 fully saturated rings. The van der Waals surface area contributed by atoms with E-state index in [1.54, 1.807) is 18.2 Å². The Morgan fingerprint density at radius 1 is 1.35 bits per heavy atom. The van der Waals surface area contributed by atoms with Crippen molar-refractivity contribution in [2.75, 3.05) is 0 Å². The number of carbonyl (C=O) groups excluding carboxylic acids is 2. The lowest BCUT2D eigenvalue weighted by Crippen LogP contribution is -2.22. The van der Waals surface area contributed by atoms with Crippen LogP contribution in [0.2, 0.25) is 0 Å². The molecule has 1 heterocycles. The molecule has 0 aliphatic rings. The van der Waals surface area contributed by atoms with Crippen molar-refractivity contribution in [3.8, 4) is 0 Å². The molecular formula is C12H13N3O2. The number of primary amides is 1. The van der Waals surface area contributed by atoms with Crippen LogP contribution in [0.5, 0.6) is 0 Å². The van der Waals surface area contributed by atoms with Gasteiger partial charge in [-0.2, -0.15) is 5.10 Å². The third-order valence-corrected chi connectivity index (χ3v) is 2.54. The van der Waals surface area contributed by atoms with Crippen molar-refractivity contribution >= 4 is 22.6 Å². The fourth-order valence-electron chi connectivity index (χ4n) is 1.59. The van der Waals surface area contributed by atoms with Crippen LogP contribution in [0.15, 0.2) is 24.4 Å². The Labute approximate surface area is 98.2 Å². The average Bonchev–Trinajstić information content (AvgIpc) is 2.70. The molecule has 2 N–H and O–H groups in total. The lowest BCUT2D eigenvalue weighted by atomic mass is 10.1. The maximum absolute atomic E-state index is 11.4. The molecule has 5 nitrogen and oxygen atoms in total. The van der Waals surface area contributed by atoms with Crippen LogP contribution >= 0.6 is 0 Å². The number of ketones is 1. The first-order valence-corrected chi connectivity index (χ1v) is 5.32. The van der Waals surface area contributed by atoms with Crippen molar-refractivity contribution in [1.29, 1.82) is 0 Å². The van der Waals surface area contributed by atoms with Gasteiger partial charge in [0.25, 0.3) is 5.91 Å². The summed E-state index contributed by atoms with van der Waals surface area (Å²) in [7, 11) is 0. The van der Waals surface area contributed by atoms with E-state index in [1.165, 1.54) is 0 Å². The number of fused-ring (bicyclic) bond motifs is 1. The van der Waals surface area contributed by atoms with Crippen molar-refractivity contribution in [3.05, 3.63) is 30.0 Å². The van der Waals surface area contributed by atoms with Gasteiger partial charge in [0.15, 0.2) is 0 Å². The topological polar surface area (TPSA) is 78.0 Å². The van der Waals surface area contributed by atoms with Gasteiger partial charge in [-0.05, 0) is 32.0 Å². The van der Waals surface area contributed by atoms with Gasteiger partial charge in [0, 0.05) is 23.2 Å². The van der Waals surface area contributed by atoms with E-state index < -0.39 is 11.7 Å². The summed E-state index contributed by atoms with van der Waals surface area (Å²) in [6, 6.07) is 5.16. The maximum atomic E-state index is 11.4. The fraction of sp³-hybridized carbons (Fsp3) is 0.250. The van der Waals surface area contributed by atoms with E-state index in [-0.39, 0.29) is 6.04 Å². The second-order valence-electron chi connectivity index (χ2n) is 4.17. The van der Waals surface area contributed by atoms with Crippen LogP contribution < -0.4 is 5.73 Å². The van der Waals surface area contributed by atoms with Crippen LogP contribution in [0.4, 0.5) is 0 Å². The molecule has 0 aliphatic carbocycles. The number of aromatic nitrogens is 2. The van der Waals surface area contributed by atoms with Gasteiger partial charge in [-0.3, -0.25) is 14.3 Å². The lowest BCUT2D eigenvalue weighted by Gasteiger charge is -2.02. The highest BCUT2D eigenvalue weighted by Crippen LogP contribution is 2.17. The summed E-state index contributed by atoms with van der Waals surface area (Å²) in [5.74, 6) is -1.62. The molecule has 0 saturated carbocycles. The molecule has 0 radical (unpaired) electrons. The maximum Gasteiger partial charge on any atom is 0.289 e. The first kappa shape index (κ1) is 11.3. The summed E-state index contributed by atoms with van der Waals surface area (Å²) in [5.41, 5.74) is 6.05. The molecule has 2 aromatic rings. The molecule has 5 heteroatoms.